The van der Waals surface area contributed by atoms with E-state index in [0.29, 0.717) is 20.5 Å². The lowest BCUT2D eigenvalue weighted by atomic mass is 9.91. The Kier molecular flexibility index (Phi) is 5.37. The molecule has 2 aromatic rings. The van der Waals surface area contributed by atoms with E-state index >= 15 is 0 Å². The van der Waals surface area contributed by atoms with Gasteiger partial charge in [-0.3, -0.25) is 9.59 Å². The van der Waals surface area contributed by atoms with E-state index < -0.39 is 5.41 Å². The maximum atomic E-state index is 12.1. The van der Waals surface area contributed by atoms with Gasteiger partial charge in [0.05, 0.1) is 9.20 Å². The molecule has 0 radical (unpaired) electrons. The van der Waals surface area contributed by atoms with Gasteiger partial charge in [-0.25, -0.2) is 0 Å². The van der Waals surface area contributed by atoms with E-state index in [-0.39, 0.29) is 17.9 Å². The SMILES string of the molecule is CC(C)(C)C(=O)/C=c1\[nH]c(=O)/c(=C\c2ccccc2OCC#N)s1. The molecule has 124 valence electrons. The van der Waals surface area contributed by atoms with Crippen LogP contribution in [0.1, 0.15) is 26.3 Å². The molecule has 0 amide bonds. The van der Waals surface area contributed by atoms with Gasteiger partial charge in [-0.1, -0.05) is 39.0 Å². The minimum absolute atomic E-state index is 0.0516. The van der Waals surface area contributed by atoms with E-state index in [9.17, 15) is 9.59 Å². The molecule has 0 spiro atoms. The predicted octanol–water partition coefficient (Wildman–Crippen LogP) is 1.56. The molecule has 1 heterocycles. The zero-order valence-electron chi connectivity index (χ0n) is 13.8. The number of carbonyl (C=O) groups excluding carboxylic acids is 1. The quantitative estimate of drug-likeness (QED) is 0.914. The molecular formula is C18H18N2O3S. The molecule has 1 N–H and O–H groups in total. The van der Waals surface area contributed by atoms with Crippen LogP contribution in [-0.2, 0) is 4.79 Å². The average molecular weight is 342 g/mol. The molecule has 0 aliphatic heterocycles. The highest BCUT2D eigenvalue weighted by Gasteiger charge is 2.18. The first kappa shape index (κ1) is 17.7. The second kappa shape index (κ2) is 7.28. The van der Waals surface area contributed by atoms with Crippen molar-refractivity contribution in [1.82, 2.24) is 4.98 Å². The van der Waals surface area contributed by atoms with Crippen molar-refractivity contribution in [3.8, 4) is 11.8 Å². The Morgan fingerprint density at radius 2 is 2.08 bits per heavy atom. The summed E-state index contributed by atoms with van der Waals surface area (Å²) in [6.45, 7) is 5.42. The summed E-state index contributed by atoms with van der Waals surface area (Å²) >= 11 is 1.21. The van der Waals surface area contributed by atoms with E-state index in [1.165, 1.54) is 17.4 Å². The van der Waals surface area contributed by atoms with E-state index in [1.807, 2.05) is 32.9 Å². The van der Waals surface area contributed by atoms with Crippen molar-refractivity contribution < 1.29 is 9.53 Å². The van der Waals surface area contributed by atoms with E-state index in [2.05, 4.69) is 4.98 Å². The summed E-state index contributed by atoms with van der Waals surface area (Å²) in [6, 6.07) is 9.07. The summed E-state index contributed by atoms with van der Waals surface area (Å²) in [5.74, 6) is 0.479. The third kappa shape index (κ3) is 4.43. The predicted molar refractivity (Wildman–Crippen MR) is 94.2 cm³/mol. The highest BCUT2D eigenvalue weighted by molar-refractivity contribution is 7.07. The third-order valence-corrected chi connectivity index (χ3v) is 4.14. The summed E-state index contributed by atoms with van der Waals surface area (Å²) in [7, 11) is 0. The van der Waals surface area contributed by atoms with Crippen molar-refractivity contribution in [3.63, 3.8) is 0 Å². The van der Waals surface area contributed by atoms with Crippen LogP contribution in [0.15, 0.2) is 29.1 Å². The van der Waals surface area contributed by atoms with Crippen molar-refractivity contribution in [3.05, 3.63) is 49.4 Å². The largest absolute Gasteiger partial charge is 0.478 e. The Balaban J connectivity index is 2.47. The molecule has 5 nitrogen and oxygen atoms in total. The zero-order chi connectivity index (χ0) is 17.7. The number of carbonyl (C=O) groups is 1. The zero-order valence-corrected chi connectivity index (χ0v) is 14.6. The van der Waals surface area contributed by atoms with Gasteiger partial charge in [0.2, 0.25) is 0 Å². The highest BCUT2D eigenvalue weighted by atomic mass is 32.1. The number of Topliss-reactive ketones (excluding diaryl/α,β-unsaturated/α-hetero) is 1. The fourth-order valence-electron chi connectivity index (χ4n) is 1.84. The van der Waals surface area contributed by atoms with E-state index in [1.54, 1.807) is 24.3 Å². The van der Waals surface area contributed by atoms with E-state index in [0.717, 1.165) is 0 Å². The van der Waals surface area contributed by atoms with Crippen molar-refractivity contribution in [2.24, 2.45) is 5.41 Å². The first-order chi connectivity index (χ1) is 11.3. The first-order valence-corrected chi connectivity index (χ1v) is 8.19. The Morgan fingerprint density at radius 3 is 2.75 bits per heavy atom. The second-order valence-corrected chi connectivity index (χ2v) is 7.26. The van der Waals surface area contributed by atoms with Crippen LogP contribution >= 0.6 is 11.3 Å². The molecule has 1 aromatic carbocycles. The molecular weight excluding hydrogens is 324 g/mol. The molecule has 2 rings (SSSR count). The molecule has 0 bridgehead atoms. The van der Waals surface area contributed by atoms with Gasteiger partial charge in [-0.05, 0) is 12.1 Å². The molecule has 1 aromatic heterocycles. The normalized spacial score (nSPS) is 12.9. The van der Waals surface area contributed by atoms with Gasteiger partial charge >= 0.3 is 0 Å². The number of para-hydroxylation sites is 1. The van der Waals surface area contributed by atoms with Crippen molar-refractivity contribution in [1.29, 1.82) is 5.26 Å². The summed E-state index contributed by atoms with van der Waals surface area (Å²) in [5.41, 5.74) is -0.0560. The molecule has 0 fully saturated rings. The maximum Gasteiger partial charge on any atom is 0.266 e. The molecule has 0 aliphatic rings. The van der Waals surface area contributed by atoms with Gasteiger partial charge in [0.15, 0.2) is 12.4 Å². The van der Waals surface area contributed by atoms with Gasteiger partial charge in [0, 0.05) is 17.1 Å². The van der Waals surface area contributed by atoms with Crippen molar-refractivity contribution in [2.75, 3.05) is 6.61 Å². The number of ketones is 1. The molecule has 0 saturated carbocycles. The van der Waals surface area contributed by atoms with Crippen LogP contribution in [0.3, 0.4) is 0 Å². The molecule has 0 unspecified atom stereocenters. The molecule has 0 saturated heterocycles. The van der Waals surface area contributed by atoms with Gasteiger partial charge in [-0.2, -0.15) is 5.26 Å². The number of aromatic nitrogens is 1. The number of hydrogen-bond donors (Lipinski definition) is 1. The lowest BCUT2D eigenvalue weighted by Gasteiger charge is -2.12. The number of ether oxygens (including phenoxy) is 1. The molecule has 0 atom stereocenters. The minimum atomic E-state index is -0.498. The van der Waals surface area contributed by atoms with Crippen LogP contribution in [-0.4, -0.2) is 17.4 Å². The van der Waals surface area contributed by atoms with E-state index in [4.69, 9.17) is 10.00 Å². The number of nitriles is 1. The summed E-state index contributed by atoms with van der Waals surface area (Å²) in [4.78, 5) is 26.8. The number of thiazole rings is 1. The van der Waals surface area contributed by atoms with Gasteiger partial charge in [0.25, 0.3) is 5.56 Å². The van der Waals surface area contributed by atoms with Crippen LogP contribution in [0.4, 0.5) is 0 Å². The number of hydrogen-bond acceptors (Lipinski definition) is 5. The third-order valence-electron chi connectivity index (χ3n) is 3.18. The van der Waals surface area contributed by atoms with Crippen LogP contribution in [0, 0.1) is 16.7 Å². The highest BCUT2D eigenvalue weighted by Crippen LogP contribution is 2.18. The van der Waals surface area contributed by atoms with Crippen LogP contribution < -0.4 is 19.5 Å². The van der Waals surface area contributed by atoms with Crippen LogP contribution in [0.5, 0.6) is 5.75 Å². The number of nitrogens with zero attached hydrogens (tertiary/aromatic N) is 1. The minimum Gasteiger partial charge on any atom is -0.478 e. The smallest absolute Gasteiger partial charge is 0.266 e. The topological polar surface area (TPSA) is 82.9 Å². The lowest BCUT2D eigenvalue weighted by Crippen LogP contribution is -2.22. The Labute approximate surface area is 143 Å². The molecule has 0 aliphatic carbocycles. The Morgan fingerprint density at radius 1 is 1.38 bits per heavy atom. The van der Waals surface area contributed by atoms with Gasteiger partial charge in [-0.15, -0.1) is 11.3 Å². The van der Waals surface area contributed by atoms with Crippen LogP contribution in [0.25, 0.3) is 12.2 Å². The molecule has 24 heavy (non-hydrogen) atoms. The number of nitrogens with one attached hydrogen (secondary N) is 1. The van der Waals surface area contributed by atoms with Crippen molar-refractivity contribution >= 4 is 29.3 Å². The summed E-state index contributed by atoms with van der Waals surface area (Å²) < 4.78 is 6.34. The monoisotopic (exact) mass is 342 g/mol. The van der Waals surface area contributed by atoms with Crippen molar-refractivity contribution in [2.45, 2.75) is 20.8 Å². The first-order valence-electron chi connectivity index (χ1n) is 7.37. The Hall–Kier alpha value is -2.65. The lowest BCUT2D eigenvalue weighted by molar-refractivity contribution is -0.119. The number of rotatable bonds is 4. The van der Waals surface area contributed by atoms with Gasteiger partial charge < -0.3 is 9.72 Å². The molecule has 6 heteroatoms. The second-order valence-electron chi connectivity index (χ2n) is 6.17. The average Bonchev–Trinajstić information content (AvgIpc) is 2.85. The summed E-state index contributed by atoms with van der Waals surface area (Å²) in [6.07, 6.45) is 3.15. The Bertz CT molecular complexity index is 956. The fourth-order valence-corrected chi connectivity index (χ4v) is 2.72. The maximum absolute atomic E-state index is 12.1. The fraction of sp³-hybridized carbons (Fsp3) is 0.278. The number of H-pyrrole nitrogens is 1. The summed E-state index contributed by atoms with van der Waals surface area (Å²) in [5, 5.41) is 8.63. The standard InChI is InChI=1S/C18H18N2O3S/c1-18(2,3)15(21)11-16-20-17(22)14(24-16)10-12-6-4-5-7-13(12)23-9-8-19/h4-7,10-11H,9H2,1-3H3,(H,20,22)/b14-10+,16-11+. The van der Waals surface area contributed by atoms with Crippen LogP contribution in [0.2, 0.25) is 0 Å². The number of aromatic amines is 1. The van der Waals surface area contributed by atoms with Gasteiger partial charge in [0.1, 0.15) is 11.8 Å². The number of benzene rings is 1.